The topological polar surface area (TPSA) is 38.3 Å². The van der Waals surface area contributed by atoms with Crippen molar-refractivity contribution in [3.63, 3.8) is 0 Å². The third kappa shape index (κ3) is 3.86. The number of benzene rings is 2. The molecule has 0 aliphatic carbocycles. The zero-order valence-corrected chi connectivity index (χ0v) is 14.9. The lowest BCUT2D eigenvalue weighted by Gasteiger charge is -2.12. The normalized spacial score (nSPS) is 10.3. The van der Waals surface area contributed by atoms with Crippen LogP contribution in [0.3, 0.4) is 0 Å². The minimum Gasteiger partial charge on any atom is -0.497 e. The molecular formula is C16H15Br2NO2. The molecule has 0 aliphatic rings. The zero-order valence-electron chi connectivity index (χ0n) is 11.7. The van der Waals surface area contributed by atoms with Crippen molar-refractivity contribution in [1.29, 1.82) is 0 Å². The Kier molecular flexibility index (Phi) is 5.42. The second-order valence-corrected chi connectivity index (χ2v) is 6.22. The highest BCUT2D eigenvalue weighted by molar-refractivity contribution is 9.10. The Balaban J connectivity index is 2.30. The van der Waals surface area contributed by atoms with Gasteiger partial charge in [-0.25, -0.2) is 0 Å². The Morgan fingerprint density at radius 2 is 1.95 bits per heavy atom. The van der Waals surface area contributed by atoms with E-state index in [4.69, 9.17) is 4.74 Å². The van der Waals surface area contributed by atoms with E-state index in [1.807, 2.05) is 18.2 Å². The van der Waals surface area contributed by atoms with Crippen molar-refractivity contribution in [3.05, 3.63) is 56.5 Å². The molecule has 0 unspecified atom stereocenters. The molecule has 5 heteroatoms. The van der Waals surface area contributed by atoms with Crippen molar-refractivity contribution >= 4 is 43.5 Å². The monoisotopic (exact) mass is 411 g/mol. The van der Waals surface area contributed by atoms with Gasteiger partial charge in [0.1, 0.15) is 5.75 Å². The highest BCUT2D eigenvalue weighted by atomic mass is 79.9. The second-order valence-electron chi connectivity index (χ2n) is 4.45. The lowest BCUT2D eigenvalue weighted by Crippen LogP contribution is -2.14. The first-order valence-corrected chi connectivity index (χ1v) is 8.07. The molecule has 21 heavy (non-hydrogen) atoms. The van der Waals surface area contributed by atoms with Gasteiger partial charge in [-0.05, 0) is 64.3 Å². The molecule has 0 saturated carbocycles. The van der Waals surface area contributed by atoms with Crippen LogP contribution in [0.4, 0.5) is 5.69 Å². The molecule has 2 aromatic rings. The van der Waals surface area contributed by atoms with Crippen LogP contribution in [0.15, 0.2) is 45.3 Å². The fourth-order valence-electron chi connectivity index (χ4n) is 1.97. The van der Waals surface area contributed by atoms with Crippen molar-refractivity contribution in [2.24, 2.45) is 0 Å². The molecule has 2 aromatic carbocycles. The van der Waals surface area contributed by atoms with E-state index >= 15 is 0 Å². The highest BCUT2D eigenvalue weighted by Crippen LogP contribution is 2.26. The summed E-state index contributed by atoms with van der Waals surface area (Å²) in [6.45, 7) is 2.05. The number of amides is 1. The Bertz CT molecular complexity index is 671. The third-order valence-electron chi connectivity index (χ3n) is 3.11. The van der Waals surface area contributed by atoms with Crippen LogP contribution >= 0.6 is 31.9 Å². The first-order valence-electron chi connectivity index (χ1n) is 6.48. The van der Waals surface area contributed by atoms with Crippen LogP contribution in [0.2, 0.25) is 0 Å². The van der Waals surface area contributed by atoms with Crippen LogP contribution < -0.4 is 10.1 Å². The fraction of sp³-hybridized carbons (Fsp3) is 0.188. The minimum atomic E-state index is -0.169. The van der Waals surface area contributed by atoms with Gasteiger partial charge in [0.05, 0.1) is 12.7 Å². The molecule has 0 saturated heterocycles. The van der Waals surface area contributed by atoms with Crippen molar-refractivity contribution < 1.29 is 9.53 Å². The van der Waals surface area contributed by atoms with Gasteiger partial charge >= 0.3 is 0 Å². The van der Waals surface area contributed by atoms with Gasteiger partial charge in [0.2, 0.25) is 0 Å². The largest absolute Gasteiger partial charge is 0.497 e. The summed E-state index contributed by atoms with van der Waals surface area (Å²) in [5, 5.41) is 2.95. The van der Waals surface area contributed by atoms with Crippen LogP contribution in [0.1, 0.15) is 22.8 Å². The summed E-state index contributed by atoms with van der Waals surface area (Å²) in [6.07, 6.45) is 0.842. The molecule has 0 atom stereocenters. The molecule has 2 rings (SSSR count). The van der Waals surface area contributed by atoms with Gasteiger partial charge < -0.3 is 10.1 Å². The standard InChI is InChI=1S/C16H15Br2NO2/c1-3-10-8-11(17)4-7-15(10)19-16(20)13-9-12(21-2)5-6-14(13)18/h4-9H,3H2,1-2H3,(H,19,20). The summed E-state index contributed by atoms with van der Waals surface area (Å²) in [6, 6.07) is 11.1. The molecule has 110 valence electrons. The number of hydrogen-bond acceptors (Lipinski definition) is 2. The summed E-state index contributed by atoms with van der Waals surface area (Å²) >= 11 is 6.84. The minimum absolute atomic E-state index is 0.169. The van der Waals surface area contributed by atoms with Crippen molar-refractivity contribution in [3.8, 4) is 5.75 Å². The average molecular weight is 413 g/mol. The van der Waals surface area contributed by atoms with Crippen LogP contribution in [-0.2, 0) is 6.42 Å². The number of carbonyl (C=O) groups excluding carboxylic acids is 1. The Labute approximate surface area is 141 Å². The fourth-order valence-corrected chi connectivity index (χ4v) is 2.81. The van der Waals surface area contributed by atoms with Gasteiger partial charge in [-0.15, -0.1) is 0 Å². The maximum Gasteiger partial charge on any atom is 0.256 e. The smallest absolute Gasteiger partial charge is 0.256 e. The van der Waals surface area contributed by atoms with E-state index in [0.717, 1.165) is 26.6 Å². The van der Waals surface area contributed by atoms with Crippen LogP contribution in [0.25, 0.3) is 0 Å². The van der Waals surface area contributed by atoms with E-state index < -0.39 is 0 Å². The van der Waals surface area contributed by atoms with Gasteiger partial charge in [-0.1, -0.05) is 22.9 Å². The predicted octanol–water partition coefficient (Wildman–Crippen LogP) is 5.03. The van der Waals surface area contributed by atoms with E-state index in [9.17, 15) is 4.79 Å². The molecule has 0 fully saturated rings. The van der Waals surface area contributed by atoms with Gasteiger partial charge in [0.25, 0.3) is 5.91 Å². The van der Waals surface area contributed by atoms with Crippen LogP contribution in [0, 0.1) is 0 Å². The van der Waals surface area contributed by atoms with Crippen molar-refractivity contribution in [1.82, 2.24) is 0 Å². The maximum absolute atomic E-state index is 12.4. The Morgan fingerprint density at radius 3 is 2.62 bits per heavy atom. The number of nitrogens with one attached hydrogen (secondary N) is 1. The Morgan fingerprint density at radius 1 is 1.19 bits per heavy atom. The summed E-state index contributed by atoms with van der Waals surface area (Å²) in [4.78, 5) is 12.4. The van der Waals surface area contributed by atoms with Crippen LogP contribution in [-0.4, -0.2) is 13.0 Å². The van der Waals surface area contributed by atoms with Gasteiger partial charge in [-0.3, -0.25) is 4.79 Å². The molecule has 0 spiro atoms. The number of halogens is 2. The number of rotatable bonds is 4. The van der Waals surface area contributed by atoms with E-state index in [1.54, 1.807) is 25.3 Å². The predicted molar refractivity (Wildman–Crippen MR) is 92.2 cm³/mol. The molecule has 0 aromatic heterocycles. The lowest BCUT2D eigenvalue weighted by atomic mass is 10.1. The number of aryl methyl sites for hydroxylation is 1. The zero-order chi connectivity index (χ0) is 15.4. The highest BCUT2D eigenvalue weighted by Gasteiger charge is 2.13. The van der Waals surface area contributed by atoms with Crippen LogP contribution in [0.5, 0.6) is 5.75 Å². The van der Waals surface area contributed by atoms with E-state index in [-0.39, 0.29) is 5.91 Å². The Hall–Kier alpha value is -1.33. The van der Waals surface area contributed by atoms with E-state index in [0.29, 0.717) is 11.3 Å². The van der Waals surface area contributed by atoms with E-state index in [1.165, 1.54) is 0 Å². The van der Waals surface area contributed by atoms with Gasteiger partial charge in [0, 0.05) is 14.6 Å². The molecule has 1 N–H and O–H groups in total. The van der Waals surface area contributed by atoms with Gasteiger partial charge in [-0.2, -0.15) is 0 Å². The second kappa shape index (κ2) is 7.09. The number of anilines is 1. The number of hydrogen-bond donors (Lipinski definition) is 1. The van der Waals surface area contributed by atoms with Crippen molar-refractivity contribution in [2.45, 2.75) is 13.3 Å². The summed E-state index contributed by atoms with van der Waals surface area (Å²) < 4.78 is 6.90. The maximum atomic E-state index is 12.4. The molecule has 0 bridgehead atoms. The summed E-state index contributed by atoms with van der Waals surface area (Å²) in [5.74, 6) is 0.479. The van der Waals surface area contributed by atoms with Gasteiger partial charge in [0.15, 0.2) is 0 Å². The summed E-state index contributed by atoms with van der Waals surface area (Å²) in [5.41, 5.74) is 2.44. The quantitative estimate of drug-likeness (QED) is 0.764. The first-order chi connectivity index (χ1) is 10.0. The van der Waals surface area contributed by atoms with E-state index in [2.05, 4.69) is 44.1 Å². The lowest BCUT2D eigenvalue weighted by molar-refractivity contribution is 0.102. The number of carbonyl (C=O) groups is 1. The third-order valence-corrected chi connectivity index (χ3v) is 4.30. The molecular weight excluding hydrogens is 398 g/mol. The average Bonchev–Trinajstić information content (AvgIpc) is 2.49. The summed E-state index contributed by atoms with van der Waals surface area (Å²) in [7, 11) is 1.58. The molecule has 0 radical (unpaired) electrons. The molecule has 0 heterocycles. The molecule has 0 aliphatic heterocycles. The first kappa shape index (κ1) is 16.0. The molecule has 1 amide bonds. The number of methoxy groups -OCH3 is 1. The number of ether oxygens (including phenoxy) is 1. The van der Waals surface area contributed by atoms with Crippen molar-refractivity contribution in [2.75, 3.05) is 12.4 Å². The molecule has 3 nitrogen and oxygen atoms in total. The SMILES string of the molecule is CCc1cc(Br)ccc1NC(=O)c1cc(OC)ccc1Br.